The van der Waals surface area contributed by atoms with Crippen LogP contribution in [0.25, 0.3) is 0 Å². The van der Waals surface area contributed by atoms with Gasteiger partial charge < -0.3 is 5.32 Å². The van der Waals surface area contributed by atoms with Crippen molar-refractivity contribution in [2.24, 2.45) is 12.2 Å². The molecule has 9 heteroatoms. The van der Waals surface area contributed by atoms with E-state index in [1.165, 1.54) is 22.9 Å². The summed E-state index contributed by atoms with van der Waals surface area (Å²) in [6, 6.07) is 3.83. The van der Waals surface area contributed by atoms with Crippen LogP contribution in [0.4, 0.5) is 5.69 Å². The fourth-order valence-electron chi connectivity index (χ4n) is 1.79. The molecule has 0 atom stereocenters. The lowest BCUT2D eigenvalue weighted by atomic mass is 10.2. The number of sulfonamides is 1. The Morgan fingerprint density at radius 2 is 2.10 bits per heavy atom. The van der Waals surface area contributed by atoms with E-state index in [4.69, 9.17) is 16.7 Å². The molecule has 1 aromatic heterocycles. The molecule has 0 fully saturated rings. The summed E-state index contributed by atoms with van der Waals surface area (Å²) in [5.41, 5.74) is 1.27. The summed E-state index contributed by atoms with van der Waals surface area (Å²) in [5.74, 6) is -0.383. The Bertz CT molecular complexity index is 814. The first-order chi connectivity index (χ1) is 9.68. The molecule has 0 saturated heterocycles. The Morgan fingerprint density at radius 3 is 2.57 bits per heavy atom. The fourth-order valence-corrected chi connectivity index (χ4v) is 2.62. The third-order valence-corrected chi connectivity index (χ3v) is 4.00. The van der Waals surface area contributed by atoms with E-state index < -0.39 is 10.0 Å². The first-order valence-corrected chi connectivity index (χ1v) is 7.75. The maximum absolute atomic E-state index is 12.1. The highest BCUT2D eigenvalue weighted by atomic mass is 35.5. The van der Waals surface area contributed by atoms with E-state index >= 15 is 0 Å². The molecular weight excluding hydrogens is 316 g/mol. The third-order valence-electron chi connectivity index (χ3n) is 2.78. The van der Waals surface area contributed by atoms with Gasteiger partial charge in [-0.15, -0.1) is 0 Å². The highest BCUT2D eigenvalue weighted by molar-refractivity contribution is 7.89. The zero-order valence-electron chi connectivity index (χ0n) is 11.3. The van der Waals surface area contributed by atoms with E-state index in [1.807, 2.05) is 0 Å². The van der Waals surface area contributed by atoms with Crippen LogP contribution in [0, 0.1) is 6.92 Å². The Hall–Kier alpha value is -1.90. The second-order valence-electron chi connectivity index (χ2n) is 4.44. The number of hydrogen-bond acceptors (Lipinski definition) is 4. The number of aromatic nitrogens is 2. The zero-order chi connectivity index (χ0) is 15.8. The zero-order valence-corrected chi connectivity index (χ0v) is 12.9. The standard InChI is InChI=1S/C12H13ClN4O3S/c1-7-9(6-17(2)16-7)12(18)15-11-4-3-8(5-10(11)13)21(14,19)20/h3-6H,1-2H3,(H,15,18)(H2,14,19,20). The Labute approximate surface area is 126 Å². The average Bonchev–Trinajstić information content (AvgIpc) is 2.69. The van der Waals surface area contributed by atoms with Crippen LogP contribution in [0.15, 0.2) is 29.3 Å². The Kier molecular flexibility index (Phi) is 4.04. The molecule has 2 rings (SSSR count). The van der Waals surface area contributed by atoms with Gasteiger partial charge in [0.05, 0.1) is 26.9 Å². The second-order valence-corrected chi connectivity index (χ2v) is 6.41. The number of halogens is 1. The van der Waals surface area contributed by atoms with Crippen molar-refractivity contribution in [2.45, 2.75) is 11.8 Å². The number of anilines is 1. The van der Waals surface area contributed by atoms with Crippen molar-refractivity contribution in [3.05, 3.63) is 40.7 Å². The van der Waals surface area contributed by atoms with Crippen molar-refractivity contribution in [3.8, 4) is 0 Å². The van der Waals surface area contributed by atoms with Crippen molar-refractivity contribution in [1.29, 1.82) is 0 Å². The van der Waals surface area contributed by atoms with Crippen molar-refractivity contribution in [2.75, 3.05) is 5.32 Å². The quantitative estimate of drug-likeness (QED) is 0.884. The number of benzene rings is 1. The van der Waals surface area contributed by atoms with Gasteiger partial charge in [0.25, 0.3) is 5.91 Å². The van der Waals surface area contributed by atoms with Gasteiger partial charge >= 0.3 is 0 Å². The molecule has 2 aromatic rings. The van der Waals surface area contributed by atoms with Gasteiger partial charge in [-0.1, -0.05) is 11.6 Å². The topological polar surface area (TPSA) is 107 Å². The molecule has 1 amide bonds. The van der Waals surface area contributed by atoms with Gasteiger partial charge in [-0.3, -0.25) is 9.48 Å². The third kappa shape index (κ3) is 3.41. The minimum absolute atomic E-state index is 0.0800. The summed E-state index contributed by atoms with van der Waals surface area (Å²) in [6.07, 6.45) is 1.58. The number of rotatable bonds is 3. The highest BCUT2D eigenvalue weighted by Gasteiger charge is 2.15. The van der Waals surface area contributed by atoms with Crippen LogP contribution in [-0.2, 0) is 17.1 Å². The van der Waals surface area contributed by atoms with Crippen molar-refractivity contribution in [1.82, 2.24) is 9.78 Å². The van der Waals surface area contributed by atoms with Crippen molar-refractivity contribution < 1.29 is 13.2 Å². The lowest BCUT2D eigenvalue weighted by Crippen LogP contribution is -2.14. The number of carbonyl (C=O) groups excluding carboxylic acids is 1. The number of aryl methyl sites for hydroxylation is 2. The van der Waals surface area contributed by atoms with Crippen LogP contribution in [0.5, 0.6) is 0 Å². The van der Waals surface area contributed by atoms with E-state index in [0.717, 1.165) is 0 Å². The molecule has 0 radical (unpaired) electrons. The van der Waals surface area contributed by atoms with Gasteiger partial charge in [-0.25, -0.2) is 13.6 Å². The summed E-state index contributed by atoms with van der Waals surface area (Å²) in [7, 11) is -2.13. The van der Waals surface area contributed by atoms with Crippen LogP contribution in [-0.4, -0.2) is 24.1 Å². The summed E-state index contributed by atoms with van der Waals surface area (Å²) in [5, 5.41) is 11.8. The molecule has 0 saturated carbocycles. The number of nitrogens with two attached hydrogens (primary N) is 1. The fraction of sp³-hybridized carbons (Fsp3) is 0.167. The molecule has 112 valence electrons. The second kappa shape index (κ2) is 5.47. The maximum Gasteiger partial charge on any atom is 0.259 e. The number of amides is 1. The van der Waals surface area contributed by atoms with E-state index in [2.05, 4.69) is 10.4 Å². The van der Waals surface area contributed by atoms with E-state index in [-0.39, 0.29) is 21.5 Å². The molecule has 0 bridgehead atoms. The summed E-state index contributed by atoms with van der Waals surface area (Å²) in [4.78, 5) is 12.0. The SMILES string of the molecule is Cc1nn(C)cc1C(=O)Nc1ccc(S(N)(=O)=O)cc1Cl. The Morgan fingerprint density at radius 1 is 1.43 bits per heavy atom. The number of hydrogen-bond donors (Lipinski definition) is 2. The number of carbonyl (C=O) groups is 1. The molecule has 0 spiro atoms. The molecule has 0 aliphatic rings. The number of nitrogens with one attached hydrogen (secondary N) is 1. The van der Waals surface area contributed by atoms with Gasteiger partial charge in [-0.05, 0) is 25.1 Å². The van der Waals surface area contributed by atoms with Crippen LogP contribution in [0.3, 0.4) is 0 Å². The van der Waals surface area contributed by atoms with E-state index in [1.54, 1.807) is 20.2 Å². The van der Waals surface area contributed by atoms with Crippen molar-refractivity contribution in [3.63, 3.8) is 0 Å². The van der Waals surface area contributed by atoms with E-state index in [9.17, 15) is 13.2 Å². The first kappa shape index (κ1) is 15.5. The molecule has 0 aliphatic heterocycles. The minimum Gasteiger partial charge on any atom is -0.321 e. The largest absolute Gasteiger partial charge is 0.321 e. The summed E-state index contributed by atoms with van der Waals surface area (Å²) < 4.78 is 23.9. The molecule has 0 aliphatic carbocycles. The monoisotopic (exact) mass is 328 g/mol. The van der Waals surface area contributed by atoms with Gasteiger partial charge in [0.15, 0.2) is 0 Å². The predicted molar refractivity (Wildman–Crippen MR) is 78.7 cm³/mol. The number of primary sulfonamides is 1. The lowest BCUT2D eigenvalue weighted by molar-refractivity contribution is 0.102. The molecule has 3 N–H and O–H groups in total. The molecule has 21 heavy (non-hydrogen) atoms. The predicted octanol–water partition coefficient (Wildman–Crippen LogP) is 1.28. The van der Waals surface area contributed by atoms with Crippen LogP contribution in [0.1, 0.15) is 16.1 Å². The van der Waals surface area contributed by atoms with Crippen molar-refractivity contribution >= 4 is 33.2 Å². The lowest BCUT2D eigenvalue weighted by Gasteiger charge is -2.08. The Balaban J connectivity index is 2.28. The smallest absolute Gasteiger partial charge is 0.259 e. The minimum atomic E-state index is -3.84. The summed E-state index contributed by atoms with van der Waals surface area (Å²) >= 11 is 5.96. The first-order valence-electron chi connectivity index (χ1n) is 5.82. The normalized spacial score (nSPS) is 11.4. The van der Waals surface area contributed by atoms with Gasteiger partial charge in [0.1, 0.15) is 0 Å². The molecule has 0 unspecified atom stereocenters. The van der Waals surface area contributed by atoms with Crippen LogP contribution in [0.2, 0.25) is 5.02 Å². The molecular formula is C12H13ClN4O3S. The molecule has 1 heterocycles. The molecule has 1 aromatic carbocycles. The average molecular weight is 329 g/mol. The highest BCUT2D eigenvalue weighted by Crippen LogP contribution is 2.25. The number of nitrogens with zero attached hydrogens (tertiary/aromatic N) is 2. The van der Waals surface area contributed by atoms with Crippen LogP contribution < -0.4 is 10.5 Å². The van der Waals surface area contributed by atoms with Gasteiger partial charge in [0.2, 0.25) is 10.0 Å². The van der Waals surface area contributed by atoms with Gasteiger partial charge in [0, 0.05) is 13.2 Å². The van der Waals surface area contributed by atoms with Gasteiger partial charge in [-0.2, -0.15) is 5.10 Å². The summed E-state index contributed by atoms with van der Waals surface area (Å²) in [6.45, 7) is 1.71. The molecule has 7 nitrogen and oxygen atoms in total. The van der Waals surface area contributed by atoms with Crippen LogP contribution >= 0.6 is 11.6 Å². The van der Waals surface area contributed by atoms with E-state index in [0.29, 0.717) is 11.3 Å². The maximum atomic E-state index is 12.1.